The number of rotatable bonds is 2. The van der Waals surface area contributed by atoms with Gasteiger partial charge in [-0.2, -0.15) is 0 Å². The minimum absolute atomic E-state index is 0.0779. The summed E-state index contributed by atoms with van der Waals surface area (Å²) in [4.78, 5) is 14.4. The first kappa shape index (κ1) is 14.4. The predicted octanol–water partition coefficient (Wildman–Crippen LogP) is 4.10. The Morgan fingerprint density at radius 1 is 0.952 bits per heavy atom. The summed E-state index contributed by atoms with van der Waals surface area (Å²) in [7, 11) is 0. The molecule has 0 aromatic heterocycles. The van der Waals surface area contributed by atoms with Gasteiger partial charge in [-0.15, -0.1) is 0 Å². The fraction of sp³-hybridized carbons (Fsp3) is 0.188. The van der Waals surface area contributed by atoms with Gasteiger partial charge in [0, 0.05) is 22.3 Å². The number of ether oxygens (including phenoxy) is 1. The molecule has 3 rings (SSSR count). The van der Waals surface area contributed by atoms with Gasteiger partial charge in [0.05, 0.1) is 6.61 Å². The van der Waals surface area contributed by atoms with Gasteiger partial charge in [0.15, 0.2) is 6.10 Å². The van der Waals surface area contributed by atoms with Crippen LogP contribution in [0.1, 0.15) is 11.7 Å². The highest BCUT2D eigenvalue weighted by molar-refractivity contribution is 6.30. The topological polar surface area (TPSA) is 29.5 Å². The molecule has 3 nitrogen and oxygen atoms in total. The first-order chi connectivity index (χ1) is 10.1. The van der Waals surface area contributed by atoms with E-state index in [0.29, 0.717) is 23.2 Å². The minimum atomic E-state index is -0.591. The molecule has 0 radical (unpaired) electrons. The maximum atomic E-state index is 12.6. The Morgan fingerprint density at radius 3 is 2.14 bits per heavy atom. The summed E-state index contributed by atoms with van der Waals surface area (Å²) in [5.41, 5.74) is 1.63. The normalized spacial score (nSPS) is 18.9. The van der Waals surface area contributed by atoms with Crippen molar-refractivity contribution in [1.29, 1.82) is 0 Å². The van der Waals surface area contributed by atoms with Gasteiger partial charge in [-0.1, -0.05) is 35.3 Å². The van der Waals surface area contributed by atoms with E-state index in [1.807, 2.05) is 24.3 Å². The number of carbonyl (C=O) groups is 1. The quantitative estimate of drug-likeness (QED) is 0.833. The van der Waals surface area contributed by atoms with Crippen LogP contribution in [0.5, 0.6) is 0 Å². The Labute approximate surface area is 133 Å². The van der Waals surface area contributed by atoms with Crippen molar-refractivity contribution in [2.45, 2.75) is 6.10 Å². The van der Waals surface area contributed by atoms with Gasteiger partial charge < -0.3 is 9.64 Å². The van der Waals surface area contributed by atoms with Gasteiger partial charge >= 0.3 is 0 Å². The Bertz CT molecular complexity index is 585. The third-order valence-corrected chi connectivity index (χ3v) is 3.90. The minimum Gasteiger partial charge on any atom is -0.362 e. The molecule has 0 aliphatic carbocycles. The van der Waals surface area contributed by atoms with Crippen LogP contribution in [0, 0.1) is 0 Å². The van der Waals surface area contributed by atoms with Crippen LogP contribution in [-0.2, 0) is 9.53 Å². The summed E-state index contributed by atoms with van der Waals surface area (Å²) in [6, 6.07) is 14.4. The summed E-state index contributed by atoms with van der Waals surface area (Å²) < 4.78 is 5.63. The molecule has 0 N–H and O–H groups in total. The SMILES string of the molecule is O=C1C(c2ccc(Cl)cc2)OCCN1c1ccc(Cl)cc1. The van der Waals surface area contributed by atoms with Crippen molar-refractivity contribution in [3.05, 3.63) is 64.1 Å². The lowest BCUT2D eigenvalue weighted by atomic mass is 10.1. The van der Waals surface area contributed by atoms with E-state index in [-0.39, 0.29) is 5.91 Å². The van der Waals surface area contributed by atoms with Crippen LogP contribution >= 0.6 is 23.2 Å². The summed E-state index contributed by atoms with van der Waals surface area (Å²) in [5.74, 6) is -0.0779. The maximum absolute atomic E-state index is 12.6. The standard InChI is InChI=1S/C16H13Cl2NO2/c17-12-3-1-11(2-4-12)15-16(20)19(9-10-21-15)14-7-5-13(18)6-8-14/h1-8,15H,9-10H2. The average molecular weight is 322 g/mol. The molecule has 1 atom stereocenters. The molecule has 0 bridgehead atoms. The molecule has 1 amide bonds. The average Bonchev–Trinajstić information content (AvgIpc) is 2.50. The fourth-order valence-electron chi connectivity index (χ4n) is 2.34. The zero-order valence-corrected chi connectivity index (χ0v) is 12.6. The molecule has 1 aliphatic heterocycles. The van der Waals surface area contributed by atoms with Gasteiger partial charge in [-0.25, -0.2) is 0 Å². The summed E-state index contributed by atoms with van der Waals surface area (Å²) in [6.07, 6.45) is -0.591. The second kappa shape index (κ2) is 6.06. The van der Waals surface area contributed by atoms with Gasteiger partial charge in [-0.05, 0) is 42.0 Å². The zero-order chi connectivity index (χ0) is 14.8. The molecule has 108 valence electrons. The van der Waals surface area contributed by atoms with E-state index in [1.54, 1.807) is 29.2 Å². The van der Waals surface area contributed by atoms with Crippen molar-refractivity contribution in [2.75, 3.05) is 18.1 Å². The number of hydrogen-bond donors (Lipinski definition) is 0. The highest BCUT2D eigenvalue weighted by Gasteiger charge is 2.31. The predicted molar refractivity (Wildman–Crippen MR) is 84.0 cm³/mol. The largest absolute Gasteiger partial charge is 0.362 e. The van der Waals surface area contributed by atoms with Crippen LogP contribution < -0.4 is 4.90 Å². The fourth-order valence-corrected chi connectivity index (χ4v) is 2.59. The third-order valence-electron chi connectivity index (χ3n) is 3.40. The molecule has 1 unspecified atom stereocenters. The number of halogens is 2. The highest BCUT2D eigenvalue weighted by atomic mass is 35.5. The monoisotopic (exact) mass is 321 g/mol. The molecular weight excluding hydrogens is 309 g/mol. The van der Waals surface area contributed by atoms with E-state index in [4.69, 9.17) is 27.9 Å². The molecule has 21 heavy (non-hydrogen) atoms. The number of hydrogen-bond acceptors (Lipinski definition) is 2. The zero-order valence-electron chi connectivity index (χ0n) is 11.1. The van der Waals surface area contributed by atoms with Crippen LogP contribution in [0.4, 0.5) is 5.69 Å². The summed E-state index contributed by atoms with van der Waals surface area (Å²) >= 11 is 11.8. The lowest BCUT2D eigenvalue weighted by molar-refractivity contribution is -0.134. The van der Waals surface area contributed by atoms with Gasteiger partial charge in [0.2, 0.25) is 0 Å². The highest BCUT2D eigenvalue weighted by Crippen LogP contribution is 2.28. The van der Waals surface area contributed by atoms with E-state index in [0.717, 1.165) is 11.3 Å². The van der Waals surface area contributed by atoms with Crippen LogP contribution in [0.25, 0.3) is 0 Å². The van der Waals surface area contributed by atoms with E-state index < -0.39 is 6.10 Å². The van der Waals surface area contributed by atoms with E-state index in [9.17, 15) is 4.79 Å². The molecule has 1 saturated heterocycles. The Morgan fingerprint density at radius 2 is 1.52 bits per heavy atom. The number of anilines is 1. The Balaban J connectivity index is 1.86. The van der Waals surface area contributed by atoms with Crippen molar-refractivity contribution in [2.24, 2.45) is 0 Å². The van der Waals surface area contributed by atoms with Crippen LogP contribution in [0.3, 0.4) is 0 Å². The van der Waals surface area contributed by atoms with Crippen molar-refractivity contribution in [3.63, 3.8) is 0 Å². The molecule has 2 aromatic carbocycles. The van der Waals surface area contributed by atoms with Crippen molar-refractivity contribution in [1.82, 2.24) is 0 Å². The molecule has 1 heterocycles. The van der Waals surface area contributed by atoms with Crippen LogP contribution in [-0.4, -0.2) is 19.1 Å². The van der Waals surface area contributed by atoms with Crippen molar-refractivity contribution in [3.8, 4) is 0 Å². The van der Waals surface area contributed by atoms with Crippen LogP contribution in [0.15, 0.2) is 48.5 Å². The number of nitrogens with zero attached hydrogens (tertiary/aromatic N) is 1. The Hall–Kier alpha value is -1.55. The molecule has 0 saturated carbocycles. The maximum Gasteiger partial charge on any atom is 0.260 e. The molecule has 2 aromatic rings. The second-order valence-electron chi connectivity index (χ2n) is 4.77. The number of amides is 1. The van der Waals surface area contributed by atoms with E-state index in [1.165, 1.54) is 0 Å². The smallest absolute Gasteiger partial charge is 0.260 e. The lowest BCUT2D eigenvalue weighted by Gasteiger charge is -2.32. The first-order valence-corrected chi connectivity index (χ1v) is 7.35. The van der Waals surface area contributed by atoms with E-state index >= 15 is 0 Å². The number of benzene rings is 2. The van der Waals surface area contributed by atoms with Gasteiger partial charge in [0.1, 0.15) is 0 Å². The lowest BCUT2D eigenvalue weighted by Crippen LogP contribution is -2.43. The molecule has 1 aliphatic rings. The van der Waals surface area contributed by atoms with Gasteiger partial charge in [0.25, 0.3) is 5.91 Å². The van der Waals surface area contributed by atoms with Crippen LogP contribution in [0.2, 0.25) is 10.0 Å². The molecule has 5 heteroatoms. The van der Waals surface area contributed by atoms with Gasteiger partial charge in [-0.3, -0.25) is 4.79 Å². The third kappa shape index (κ3) is 3.05. The Kier molecular flexibility index (Phi) is 4.15. The second-order valence-corrected chi connectivity index (χ2v) is 5.64. The van der Waals surface area contributed by atoms with Crippen molar-refractivity contribution < 1.29 is 9.53 Å². The first-order valence-electron chi connectivity index (χ1n) is 6.59. The summed E-state index contributed by atoms with van der Waals surface area (Å²) in [5, 5.41) is 1.28. The summed E-state index contributed by atoms with van der Waals surface area (Å²) in [6.45, 7) is 1.02. The van der Waals surface area contributed by atoms with Crippen molar-refractivity contribution >= 4 is 34.8 Å². The number of morpholine rings is 1. The molecule has 0 spiro atoms. The number of carbonyl (C=O) groups excluding carboxylic acids is 1. The molecular formula is C16H13Cl2NO2. The van der Waals surface area contributed by atoms with E-state index in [2.05, 4.69) is 0 Å². The molecule has 1 fully saturated rings.